The molecule has 1 heterocycles. The molecule has 1 aliphatic rings. The van der Waals surface area contributed by atoms with Crippen molar-refractivity contribution in [2.24, 2.45) is 5.92 Å². The number of methoxy groups -OCH3 is 1. The van der Waals surface area contributed by atoms with E-state index in [1.807, 2.05) is 0 Å². The van der Waals surface area contributed by atoms with Crippen LogP contribution in [0.1, 0.15) is 90.9 Å². The molecule has 2 amide bonds. The van der Waals surface area contributed by atoms with Crippen molar-refractivity contribution < 1.29 is 29.3 Å². The van der Waals surface area contributed by atoms with Gasteiger partial charge in [-0.3, -0.25) is 9.59 Å². The zero-order valence-electron chi connectivity index (χ0n) is 20.3. The third kappa shape index (κ3) is 12.7. The molecule has 1 saturated heterocycles. The molecule has 0 aliphatic carbocycles. The maximum atomic E-state index is 12.0. The minimum atomic E-state index is -1.25. The normalized spacial score (nSPS) is 23.3. The van der Waals surface area contributed by atoms with E-state index < -0.39 is 30.4 Å². The minimum Gasteiger partial charge on any atom is -0.388 e. The van der Waals surface area contributed by atoms with E-state index in [0.717, 1.165) is 25.2 Å². The largest absolute Gasteiger partial charge is 0.388 e. The highest BCUT2D eigenvalue weighted by Gasteiger charge is 2.39. The van der Waals surface area contributed by atoms with Gasteiger partial charge in [0.25, 0.3) is 0 Å². The Morgan fingerprint density at radius 1 is 0.906 bits per heavy atom. The summed E-state index contributed by atoms with van der Waals surface area (Å²) >= 11 is 0. The van der Waals surface area contributed by atoms with E-state index in [-0.39, 0.29) is 19.1 Å². The van der Waals surface area contributed by atoms with Crippen molar-refractivity contribution in [3.05, 3.63) is 0 Å². The van der Waals surface area contributed by atoms with Crippen molar-refractivity contribution in [3.63, 3.8) is 0 Å². The van der Waals surface area contributed by atoms with Gasteiger partial charge in [0, 0.05) is 13.5 Å². The van der Waals surface area contributed by atoms with Gasteiger partial charge in [-0.2, -0.15) is 0 Å². The summed E-state index contributed by atoms with van der Waals surface area (Å²) in [4.78, 5) is 23.9. The molecule has 0 spiro atoms. The third-order valence-electron chi connectivity index (χ3n) is 5.94. The van der Waals surface area contributed by atoms with Crippen LogP contribution in [0.4, 0.5) is 0 Å². The molecule has 32 heavy (non-hydrogen) atoms. The second-order valence-corrected chi connectivity index (χ2v) is 9.34. The summed E-state index contributed by atoms with van der Waals surface area (Å²) in [6.07, 6.45) is 10.6. The summed E-state index contributed by atoms with van der Waals surface area (Å²) in [5.41, 5.74) is 0. The first kappa shape index (κ1) is 28.8. The summed E-state index contributed by atoms with van der Waals surface area (Å²) in [5, 5.41) is 25.1. The monoisotopic (exact) mass is 458 g/mol. The molecule has 1 aliphatic heterocycles. The molecule has 1 fully saturated rings. The van der Waals surface area contributed by atoms with Gasteiger partial charge >= 0.3 is 0 Å². The highest BCUT2D eigenvalue weighted by molar-refractivity contribution is 5.84. The van der Waals surface area contributed by atoms with Gasteiger partial charge in [-0.25, -0.2) is 0 Å². The summed E-state index contributed by atoms with van der Waals surface area (Å²) in [5.74, 6) is 0.236. The van der Waals surface area contributed by atoms with Crippen molar-refractivity contribution in [1.29, 1.82) is 0 Å². The second kappa shape index (κ2) is 17.3. The summed E-state index contributed by atoms with van der Waals surface area (Å²) in [6, 6.07) is -0.749. The average Bonchev–Trinajstić information content (AvgIpc) is 2.76. The predicted molar refractivity (Wildman–Crippen MR) is 124 cm³/mol. The SMILES string of the molecule is CO[C@H]1OC[C@H](NC(=O)CNC(=O)CCCCCCCCCCCCC(C)C)[C@@H](O)[C@H]1O. The number of aliphatic hydroxyl groups is 2. The zero-order chi connectivity index (χ0) is 23.8. The molecule has 8 nitrogen and oxygen atoms in total. The highest BCUT2D eigenvalue weighted by Crippen LogP contribution is 2.16. The number of rotatable bonds is 17. The lowest BCUT2D eigenvalue weighted by Crippen LogP contribution is -2.60. The molecule has 8 heteroatoms. The van der Waals surface area contributed by atoms with Crippen molar-refractivity contribution in [2.75, 3.05) is 20.3 Å². The minimum absolute atomic E-state index is 0.0224. The van der Waals surface area contributed by atoms with Crippen LogP contribution < -0.4 is 10.6 Å². The molecule has 0 radical (unpaired) electrons. The molecule has 0 aromatic heterocycles. The van der Waals surface area contributed by atoms with Gasteiger partial charge < -0.3 is 30.3 Å². The van der Waals surface area contributed by atoms with E-state index in [2.05, 4.69) is 24.5 Å². The Kier molecular flexibility index (Phi) is 15.6. The molecule has 0 aromatic carbocycles. The van der Waals surface area contributed by atoms with Gasteiger partial charge in [0.2, 0.25) is 11.8 Å². The van der Waals surface area contributed by atoms with Crippen molar-refractivity contribution >= 4 is 11.8 Å². The van der Waals surface area contributed by atoms with Crippen LogP contribution in [0.15, 0.2) is 0 Å². The summed E-state index contributed by atoms with van der Waals surface area (Å²) < 4.78 is 10.1. The second-order valence-electron chi connectivity index (χ2n) is 9.34. The Morgan fingerprint density at radius 2 is 1.47 bits per heavy atom. The average molecular weight is 459 g/mol. The lowest BCUT2D eigenvalue weighted by Gasteiger charge is -2.36. The van der Waals surface area contributed by atoms with Gasteiger partial charge in [-0.05, 0) is 12.3 Å². The van der Waals surface area contributed by atoms with Gasteiger partial charge in [0.15, 0.2) is 6.29 Å². The van der Waals surface area contributed by atoms with Crippen LogP contribution in [0.3, 0.4) is 0 Å². The van der Waals surface area contributed by atoms with Crippen molar-refractivity contribution in [1.82, 2.24) is 10.6 Å². The van der Waals surface area contributed by atoms with Crippen LogP contribution in [-0.4, -0.2) is 66.8 Å². The van der Waals surface area contributed by atoms with E-state index >= 15 is 0 Å². The van der Waals surface area contributed by atoms with Crippen LogP contribution >= 0.6 is 0 Å². The number of amides is 2. The number of nitrogens with one attached hydrogen (secondary N) is 2. The molecule has 0 unspecified atom stereocenters. The molecule has 0 saturated carbocycles. The number of unbranched alkanes of at least 4 members (excludes halogenated alkanes) is 9. The Morgan fingerprint density at radius 3 is 2.03 bits per heavy atom. The lowest BCUT2D eigenvalue weighted by molar-refractivity contribution is -0.240. The topological polar surface area (TPSA) is 117 Å². The Hall–Kier alpha value is -1.22. The number of carbonyl (C=O) groups is 2. The summed E-state index contributed by atoms with van der Waals surface area (Å²) in [6.45, 7) is 4.42. The number of ether oxygens (including phenoxy) is 2. The summed E-state index contributed by atoms with van der Waals surface area (Å²) in [7, 11) is 1.37. The molecule has 4 N–H and O–H groups in total. The molecule has 0 bridgehead atoms. The van der Waals surface area contributed by atoms with Crippen LogP contribution in [0.2, 0.25) is 0 Å². The Bertz CT molecular complexity index is 517. The first-order chi connectivity index (χ1) is 15.3. The zero-order valence-corrected chi connectivity index (χ0v) is 20.3. The van der Waals surface area contributed by atoms with E-state index in [4.69, 9.17) is 9.47 Å². The fourth-order valence-corrected chi connectivity index (χ4v) is 3.91. The van der Waals surface area contributed by atoms with Gasteiger partial charge in [-0.15, -0.1) is 0 Å². The van der Waals surface area contributed by atoms with E-state index in [9.17, 15) is 19.8 Å². The van der Waals surface area contributed by atoms with Crippen LogP contribution in [0.5, 0.6) is 0 Å². The van der Waals surface area contributed by atoms with E-state index in [1.165, 1.54) is 58.5 Å². The molecule has 0 aromatic rings. The number of aliphatic hydroxyl groups excluding tert-OH is 2. The van der Waals surface area contributed by atoms with E-state index in [1.54, 1.807) is 0 Å². The highest BCUT2D eigenvalue weighted by atomic mass is 16.7. The van der Waals surface area contributed by atoms with Crippen LogP contribution in [0.25, 0.3) is 0 Å². The Balaban J connectivity index is 1.96. The lowest BCUT2D eigenvalue weighted by atomic mass is 10.0. The number of carbonyl (C=O) groups excluding carboxylic acids is 2. The van der Waals surface area contributed by atoms with Gasteiger partial charge in [0.1, 0.15) is 12.2 Å². The molecular weight excluding hydrogens is 412 g/mol. The Labute approximate surface area is 193 Å². The third-order valence-corrected chi connectivity index (χ3v) is 5.94. The van der Waals surface area contributed by atoms with Crippen molar-refractivity contribution in [2.45, 2.75) is 115 Å². The molecule has 4 atom stereocenters. The number of hydrogen-bond donors (Lipinski definition) is 4. The van der Waals surface area contributed by atoms with E-state index in [0.29, 0.717) is 6.42 Å². The standard InChI is InChI=1S/C24H46N2O6/c1-18(2)14-12-10-8-6-4-5-7-9-11-13-15-20(27)25-16-21(28)26-19-17-32-24(31-3)23(30)22(19)29/h18-19,22-24,29-30H,4-17H2,1-3H3,(H,25,27)(H,26,28)/t19-,22+,23+,24-/m0/s1. The molecule has 1 rings (SSSR count). The quantitative estimate of drug-likeness (QED) is 0.249. The maximum absolute atomic E-state index is 12.0. The predicted octanol–water partition coefficient (Wildman–Crippen LogP) is 2.65. The maximum Gasteiger partial charge on any atom is 0.239 e. The van der Waals surface area contributed by atoms with Gasteiger partial charge in [-0.1, -0.05) is 78.1 Å². The fraction of sp³-hybridized carbons (Fsp3) is 0.917. The smallest absolute Gasteiger partial charge is 0.239 e. The first-order valence-corrected chi connectivity index (χ1v) is 12.4. The first-order valence-electron chi connectivity index (χ1n) is 12.4. The van der Waals surface area contributed by atoms with Gasteiger partial charge in [0.05, 0.1) is 19.2 Å². The molecule has 188 valence electrons. The van der Waals surface area contributed by atoms with Crippen LogP contribution in [-0.2, 0) is 19.1 Å². The number of hydrogen-bond acceptors (Lipinski definition) is 6. The van der Waals surface area contributed by atoms with Crippen molar-refractivity contribution in [3.8, 4) is 0 Å². The van der Waals surface area contributed by atoms with Crippen LogP contribution in [0, 0.1) is 5.92 Å². The molecular formula is C24H46N2O6. The fourth-order valence-electron chi connectivity index (χ4n) is 3.91.